The van der Waals surface area contributed by atoms with Crippen LogP contribution in [-0.2, 0) is 0 Å². The van der Waals surface area contributed by atoms with Gasteiger partial charge in [-0.3, -0.25) is 9.36 Å². The van der Waals surface area contributed by atoms with Crippen molar-refractivity contribution in [2.24, 2.45) is 0 Å². The number of aromatic carboxylic acids is 1. The number of pyridine rings is 2. The molecule has 6 nitrogen and oxygen atoms in total. The van der Waals surface area contributed by atoms with Gasteiger partial charge in [0.25, 0.3) is 0 Å². The molecule has 0 saturated carbocycles. The van der Waals surface area contributed by atoms with Gasteiger partial charge in [0.1, 0.15) is 17.2 Å². The number of carboxylic acids is 1. The smallest absolute Gasteiger partial charge is 0.341 e. The zero-order chi connectivity index (χ0) is 17.6. The minimum Gasteiger partial charge on any atom is -0.477 e. The van der Waals surface area contributed by atoms with Crippen LogP contribution in [0.2, 0.25) is 0 Å². The normalized spacial score (nSPS) is 11.0. The van der Waals surface area contributed by atoms with Crippen molar-refractivity contribution in [3.05, 3.63) is 63.7 Å². The van der Waals surface area contributed by atoms with Gasteiger partial charge in [-0.1, -0.05) is 0 Å². The van der Waals surface area contributed by atoms with E-state index in [1.165, 1.54) is 0 Å². The molecule has 9 heteroatoms. The highest BCUT2D eigenvalue weighted by Gasteiger charge is 2.19. The Bertz CT molecular complexity index is 1060. The molecular weight excluding hydrogens is 327 g/mol. The van der Waals surface area contributed by atoms with E-state index in [4.69, 9.17) is 10.8 Å². The van der Waals surface area contributed by atoms with E-state index in [0.717, 1.165) is 29.0 Å². The summed E-state index contributed by atoms with van der Waals surface area (Å²) in [6, 6.07) is 3.27. The number of benzene rings is 1. The van der Waals surface area contributed by atoms with Crippen LogP contribution in [0.4, 0.5) is 19.0 Å². The zero-order valence-electron chi connectivity index (χ0n) is 11.8. The number of carbonyl (C=O) groups is 1. The van der Waals surface area contributed by atoms with Crippen LogP contribution in [0.25, 0.3) is 16.7 Å². The van der Waals surface area contributed by atoms with E-state index in [1.807, 2.05) is 0 Å². The number of nitrogen functional groups attached to an aromatic ring is 1. The van der Waals surface area contributed by atoms with Gasteiger partial charge in [0.2, 0.25) is 5.43 Å². The monoisotopic (exact) mass is 335 g/mol. The van der Waals surface area contributed by atoms with Crippen LogP contribution in [0.15, 0.2) is 35.3 Å². The molecule has 3 N–H and O–H groups in total. The van der Waals surface area contributed by atoms with Crippen LogP contribution < -0.4 is 11.2 Å². The van der Waals surface area contributed by atoms with Gasteiger partial charge < -0.3 is 10.8 Å². The number of hydrogen-bond donors (Lipinski definition) is 2. The Morgan fingerprint density at radius 1 is 1.17 bits per heavy atom. The number of halogens is 3. The molecule has 2 aromatic heterocycles. The van der Waals surface area contributed by atoms with Crippen LogP contribution in [0.5, 0.6) is 0 Å². The summed E-state index contributed by atoms with van der Waals surface area (Å²) in [4.78, 5) is 27.1. The van der Waals surface area contributed by atoms with Crippen LogP contribution in [0.3, 0.4) is 0 Å². The van der Waals surface area contributed by atoms with Crippen LogP contribution in [-0.4, -0.2) is 20.6 Å². The first kappa shape index (κ1) is 15.5. The van der Waals surface area contributed by atoms with E-state index in [-0.39, 0.29) is 11.3 Å². The van der Waals surface area contributed by atoms with Crippen LogP contribution >= 0.6 is 0 Å². The van der Waals surface area contributed by atoms with Gasteiger partial charge >= 0.3 is 5.97 Å². The molecule has 0 saturated heterocycles. The molecule has 0 aliphatic heterocycles. The van der Waals surface area contributed by atoms with Crippen molar-refractivity contribution in [3.8, 4) is 5.69 Å². The summed E-state index contributed by atoms with van der Waals surface area (Å²) in [6.45, 7) is 0. The molecule has 0 unspecified atom stereocenters. The molecule has 0 bridgehead atoms. The minimum atomic E-state index is -1.59. The van der Waals surface area contributed by atoms with Crippen molar-refractivity contribution in [2.45, 2.75) is 0 Å². The van der Waals surface area contributed by atoms with E-state index in [2.05, 4.69) is 4.98 Å². The van der Waals surface area contributed by atoms with Crippen molar-refractivity contribution in [1.82, 2.24) is 9.55 Å². The highest BCUT2D eigenvalue weighted by molar-refractivity contribution is 5.92. The van der Waals surface area contributed by atoms with Crippen molar-refractivity contribution in [1.29, 1.82) is 0 Å². The third kappa shape index (κ3) is 2.35. The molecule has 0 radical (unpaired) electrons. The Kier molecular flexibility index (Phi) is 3.48. The van der Waals surface area contributed by atoms with E-state index >= 15 is 0 Å². The Labute approximate surface area is 131 Å². The number of nitrogens with zero attached hydrogens (tertiary/aromatic N) is 2. The van der Waals surface area contributed by atoms with Gasteiger partial charge in [-0.2, -0.15) is 0 Å². The summed E-state index contributed by atoms with van der Waals surface area (Å²) in [6.07, 6.45) is 0.827. The maximum absolute atomic E-state index is 14.1. The Balaban J connectivity index is 2.50. The summed E-state index contributed by atoms with van der Waals surface area (Å²) in [5, 5.41) is 8.73. The summed E-state index contributed by atoms with van der Waals surface area (Å²) < 4.78 is 41.7. The average Bonchev–Trinajstić information content (AvgIpc) is 2.50. The fourth-order valence-electron chi connectivity index (χ4n) is 2.25. The van der Waals surface area contributed by atoms with Gasteiger partial charge in [0.15, 0.2) is 17.3 Å². The maximum Gasteiger partial charge on any atom is 0.341 e. The molecular formula is C15H8F3N3O3. The van der Waals surface area contributed by atoms with Crippen molar-refractivity contribution >= 4 is 22.8 Å². The van der Waals surface area contributed by atoms with Gasteiger partial charge in [-0.05, 0) is 18.2 Å². The molecule has 0 amide bonds. The van der Waals surface area contributed by atoms with Crippen molar-refractivity contribution in [2.75, 3.05) is 5.73 Å². The quantitative estimate of drug-likeness (QED) is 0.747. The SMILES string of the molecule is Nc1nc2c(cc1F)c(=O)c(C(=O)O)cn2-c1ccc(F)cc1F. The molecule has 1 aromatic carbocycles. The number of carboxylic acid groups (broad SMARTS) is 1. The molecule has 0 fully saturated rings. The summed E-state index contributed by atoms with van der Waals surface area (Å²) in [5.41, 5.74) is 3.12. The number of nitrogens with two attached hydrogens (primary N) is 1. The van der Waals surface area contributed by atoms with Gasteiger partial charge in [-0.25, -0.2) is 22.9 Å². The van der Waals surface area contributed by atoms with Gasteiger partial charge in [0.05, 0.1) is 11.1 Å². The fourth-order valence-corrected chi connectivity index (χ4v) is 2.25. The Morgan fingerprint density at radius 3 is 2.50 bits per heavy atom. The third-order valence-corrected chi connectivity index (χ3v) is 3.36. The molecule has 0 atom stereocenters. The number of hydrogen-bond acceptors (Lipinski definition) is 4. The highest BCUT2D eigenvalue weighted by Crippen LogP contribution is 2.22. The Hall–Kier alpha value is -3.36. The lowest BCUT2D eigenvalue weighted by Crippen LogP contribution is -2.20. The number of fused-ring (bicyclic) bond motifs is 1. The maximum atomic E-state index is 14.1. The van der Waals surface area contributed by atoms with Crippen molar-refractivity contribution in [3.63, 3.8) is 0 Å². The number of rotatable bonds is 2. The van der Waals surface area contributed by atoms with E-state index in [1.54, 1.807) is 0 Å². The van der Waals surface area contributed by atoms with Gasteiger partial charge in [-0.15, -0.1) is 0 Å². The second-order valence-corrected chi connectivity index (χ2v) is 4.87. The molecule has 24 heavy (non-hydrogen) atoms. The highest BCUT2D eigenvalue weighted by atomic mass is 19.1. The first-order valence-electron chi connectivity index (χ1n) is 6.49. The van der Waals surface area contributed by atoms with Gasteiger partial charge in [0, 0.05) is 12.3 Å². The fraction of sp³-hybridized carbons (Fsp3) is 0. The number of anilines is 1. The summed E-state index contributed by atoms with van der Waals surface area (Å²) in [5.74, 6) is -5.04. The van der Waals surface area contributed by atoms with Crippen LogP contribution in [0, 0.1) is 17.5 Å². The van der Waals surface area contributed by atoms with E-state index < -0.39 is 45.6 Å². The van der Waals surface area contributed by atoms with Crippen molar-refractivity contribution < 1.29 is 23.1 Å². The second kappa shape index (κ2) is 5.37. The average molecular weight is 335 g/mol. The largest absolute Gasteiger partial charge is 0.477 e. The lowest BCUT2D eigenvalue weighted by atomic mass is 10.1. The minimum absolute atomic E-state index is 0.255. The molecule has 0 spiro atoms. The topological polar surface area (TPSA) is 98.2 Å². The first-order chi connectivity index (χ1) is 11.3. The predicted octanol–water partition coefficient (Wildman–Crippen LogP) is 2.08. The van der Waals surface area contributed by atoms with E-state index in [9.17, 15) is 22.8 Å². The second-order valence-electron chi connectivity index (χ2n) is 4.87. The first-order valence-corrected chi connectivity index (χ1v) is 6.49. The lowest BCUT2D eigenvalue weighted by Gasteiger charge is -2.13. The lowest BCUT2D eigenvalue weighted by molar-refractivity contribution is 0.0695. The summed E-state index contributed by atoms with van der Waals surface area (Å²) >= 11 is 0. The predicted molar refractivity (Wildman–Crippen MR) is 78.6 cm³/mol. The van der Waals surface area contributed by atoms with Crippen LogP contribution in [0.1, 0.15) is 10.4 Å². The molecule has 2 heterocycles. The molecule has 3 rings (SSSR count). The standard InChI is InChI=1S/C15H8F3N3O3/c16-6-1-2-11(9(17)3-6)21-5-8(15(23)24)12(22)7-4-10(18)13(19)20-14(7)21/h1-5H,(H2,19,20)(H,23,24). The Morgan fingerprint density at radius 2 is 1.88 bits per heavy atom. The molecule has 0 aliphatic carbocycles. The summed E-state index contributed by atoms with van der Waals surface area (Å²) in [7, 11) is 0. The molecule has 0 aliphatic rings. The number of aromatic nitrogens is 2. The van der Waals surface area contributed by atoms with E-state index in [0.29, 0.717) is 6.07 Å². The molecule has 122 valence electrons. The zero-order valence-corrected chi connectivity index (χ0v) is 11.8. The molecule has 3 aromatic rings. The third-order valence-electron chi connectivity index (χ3n) is 3.36.